The van der Waals surface area contributed by atoms with Crippen LogP contribution in [0.1, 0.15) is 28.6 Å². The molecule has 1 amide bonds. The summed E-state index contributed by atoms with van der Waals surface area (Å²) in [6, 6.07) is 13.9. The third-order valence-electron chi connectivity index (χ3n) is 5.34. The maximum Gasteiger partial charge on any atom is 0.277 e. The third-order valence-corrected chi connectivity index (χ3v) is 6.68. The van der Waals surface area contributed by atoms with Crippen LogP contribution in [0.15, 0.2) is 52.1 Å². The van der Waals surface area contributed by atoms with Crippen LogP contribution in [0.2, 0.25) is 0 Å². The molecule has 0 spiro atoms. The van der Waals surface area contributed by atoms with Crippen molar-refractivity contribution in [3.8, 4) is 11.5 Å². The van der Waals surface area contributed by atoms with Crippen molar-refractivity contribution in [2.75, 3.05) is 32.8 Å². The number of nitrogens with zero attached hydrogens (tertiary/aromatic N) is 3. The Morgan fingerprint density at radius 3 is 2.62 bits per heavy atom. The summed E-state index contributed by atoms with van der Waals surface area (Å²) in [5, 5.41) is 8.47. The van der Waals surface area contributed by atoms with E-state index in [2.05, 4.69) is 22.3 Å². The zero-order valence-electron chi connectivity index (χ0n) is 18.2. The number of methoxy groups -OCH3 is 2. The molecule has 0 bridgehead atoms. The van der Waals surface area contributed by atoms with Gasteiger partial charge in [0.05, 0.1) is 31.8 Å². The van der Waals surface area contributed by atoms with Crippen LogP contribution in [0.25, 0.3) is 0 Å². The van der Waals surface area contributed by atoms with Gasteiger partial charge in [0, 0.05) is 6.54 Å². The summed E-state index contributed by atoms with van der Waals surface area (Å²) in [7, 11) is 3.26. The number of amides is 1. The molecule has 3 aromatic rings. The van der Waals surface area contributed by atoms with Crippen molar-refractivity contribution in [3.05, 3.63) is 65.0 Å². The SMILES string of the molecule is COc1cc2c(cc1OC)C(c1ccccc1)N(C(=O)CSc1nnc(CSC)o1)CC2. The van der Waals surface area contributed by atoms with Gasteiger partial charge in [0.1, 0.15) is 0 Å². The Hall–Kier alpha value is -2.65. The zero-order chi connectivity index (χ0) is 22.5. The first-order valence-electron chi connectivity index (χ1n) is 10.2. The van der Waals surface area contributed by atoms with Gasteiger partial charge in [0.15, 0.2) is 11.5 Å². The molecule has 1 aliphatic rings. The maximum absolute atomic E-state index is 13.3. The van der Waals surface area contributed by atoms with Crippen LogP contribution < -0.4 is 9.47 Å². The van der Waals surface area contributed by atoms with E-state index < -0.39 is 0 Å². The molecule has 0 fully saturated rings. The highest BCUT2D eigenvalue weighted by Crippen LogP contribution is 2.41. The fourth-order valence-electron chi connectivity index (χ4n) is 3.89. The van der Waals surface area contributed by atoms with Gasteiger partial charge in [-0.25, -0.2) is 0 Å². The summed E-state index contributed by atoms with van der Waals surface area (Å²) >= 11 is 2.89. The number of thioether (sulfide) groups is 2. The van der Waals surface area contributed by atoms with Gasteiger partial charge in [-0.05, 0) is 41.5 Å². The highest BCUT2D eigenvalue weighted by molar-refractivity contribution is 7.99. The van der Waals surface area contributed by atoms with Crippen molar-refractivity contribution in [3.63, 3.8) is 0 Å². The molecule has 0 saturated heterocycles. The van der Waals surface area contributed by atoms with Crippen molar-refractivity contribution < 1.29 is 18.7 Å². The van der Waals surface area contributed by atoms with E-state index in [-0.39, 0.29) is 17.7 Å². The minimum Gasteiger partial charge on any atom is -0.493 e. The van der Waals surface area contributed by atoms with Crippen LogP contribution in [0, 0.1) is 0 Å². The summed E-state index contributed by atoms with van der Waals surface area (Å²) in [6.45, 7) is 0.614. The predicted octanol–water partition coefficient (Wildman–Crippen LogP) is 4.22. The van der Waals surface area contributed by atoms with Gasteiger partial charge in [-0.15, -0.1) is 10.2 Å². The molecule has 168 valence electrons. The van der Waals surface area contributed by atoms with Crippen molar-refractivity contribution >= 4 is 29.4 Å². The number of aromatic nitrogens is 2. The van der Waals surface area contributed by atoms with Crippen molar-refractivity contribution in [2.24, 2.45) is 0 Å². The van der Waals surface area contributed by atoms with Gasteiger partial charge in [-0.1, -0.05) is 42.1 Å². The summed E-state index contributed by atoms with van der Waals surface area (Å²) in [5.41, 5.74) is 3.27. The van der Waals surface area contributed by atoms with Crippen LogP contribution >= 0.6 is 23.5 Å². The molecule has 2 heterocycles. The van der Waals surface area contributed by atoms with Gasteiger partial charge in [-0.2, -0.15) is 11.8 Å². The molecule has 1 atom stereocenters. The van der Waals surface area contributed by atoms with Crippen LogP contribution in [0.5, 0.6) is 11.5 Å². The van der Waals surface area contributed by atoms with E-state index in [1.54, 1.807) is 26.0 Å². The highest BCUT2D eigenvalue weighted by Gasteiger charge is 2.33. The highest BCUT2D eigenvalue weighted by atomic mass is 32.2. The molecular formula is C23H25N3O4S2. The largest absolute Gasteiger partial charge is 0.493 e. The topological polar surface area (TPSA) is 77.7 Å². The number of carbonyl (C=O) groups excluding carboxylic acids is 1. The number of fused-ring (bicyclic) bond motifs is 1. The minimum atomic E-state index is -0.206. The number of carbonyl (C=O) groups is 1. The van der Waals surface area contributed by atoms with Gasteiger partial charge >= 0.3 is 0 Å². The van der Waals surface area contributed by atoms with E-state index >= 15 is 0 Å². The lowest BCUT2D eigenvalue weighted by atomic mass is 9.87. The Kier molecular flexibility index (Phi) is 7.26. The van der Waals surface area contributed by atoms with Crippen LogP contribution in [0.3, 0.4) is 0 Å². The lowest BCUT2D eigenvalue weighted by Gasteiger charge is -2.38. The Morgan fingerprint density at radius 1 is 1.16 bits per heavy atom. The number of hydrogen-bond acceptors (Lipinski definition) is 8. The summed E-state index contributed by atoms with van der Waals surface area (Å²) < 4.78 is 16.6. The Labute approximate surface area is 195 Å². The van der Waals surface area contributed by atoms with Crippen LogP contribution in [-0.2, 0) is 17.0 Å². The normalized spacial score (nSPS) is 15.3. The van der Waals surface area contributed by atoms with E-state index in [1.165, 1.54) is 11.8 Å². The molecule has 1 unspecified atom stereocenters. The molecule has 2 aromatic carbocycles. The first-order valence-corrected chi connectivity index (χ1v) is 12.6. The average Bonchev–Trinajstić information content (AvgIpc) is 3.29. The average molecular weight is 472 g/mol. The Morgan fingerprint density at radius 2 is 1.91 bits per heavy atom. The first kappa shape index (κ1) is 22.5. The number of ether oxygens (including phenoxy) is 2. The molecule has 4 rings (SSSR count). The molecule has 0 saturated carbocycles. The maximum atomic E-state index is 13.3. The van der Waals surface area contributed by atoms with E-state index in [4.69, 9.17) is 13.9 Å². The molecule has 0 radical (unpaired) electrons. The molecule has 7 nitrogen and oxygen atoms in total. The molecule has 9 heteroatoms. The second-order valence-corrected chi connectivity index (χ2v) is 9.03. The van der Waals surface area contributed by atoms with E-state index in [0.29, 0.717) is 34.9 Å². The molecule has 0 aliphatic carbocycles. The van der Waals surface area contributed by atoms with Crippen molar-refractivity contribution in [2.45, 2.75) is 23.4 Å². The molecule has 1 aromatic heterocycles. The van der Waals surface area contributed by atoms with Gasteiger partial charge in [0.2, 0.25) is 11.8 Å². The Bertz CT molecular complexity index is 1070. The minimum absolute atomic E-state index is 0.0221. The standard InChI is InChI=1S/C23H25N3O4S2/c1-28-18-11-16-9-10-26(21(27)14-32-23-25-24-20(30-23)13-31-3)22(15-7-5-4-6-8-15)17(16)12-19(18)29-2/h4-8,11-12,22H,9-10,13-14H2,1-3H3. The summed E-state index contributed by atoms with van der Waals surface area (Å²) in [5.74, 6) is 2.84. The second kappa shape index (κ2) is 10.3. The monoisotopic (exact) mass is 471 g/mol. The van der Waals surface area contributed by atoms with Crippen LogP contribution in [0.4, 0.5) is 0 Å². The predicted molar refractivity (Wildman–Crippen MR) is 125 cm³/mol. The smallest absolute Gasteiger partial charge is 0.277 e. The quantitative estimate of drug-likeness (QED) is 0.452. The summed E-state index contributed by atoms with van der Waals surface area (Å²) in [6.07, 6.45) is 2.72. The lowest BCUT2D eigenvalue weighted by molar-refractivity contribution is -0.130. The summed E-state index contributed by atoms with van der Waals surface area (Å²) in [4.78, 5) is 15.3. The number of rotatable bonds is 8. The van der Waals surface area contributed by atoms with E-state index in [1.807, 2.05) is 41.5 Å². The fraction of sp³-hybridized carbons (Fsp3) is 0.348. The number of benzene rings is 2. The molecule has 1 aliphatic heterocycles. The lowest BCUT2D eigenvalue weighted by Crippen LogP contribution is -2.41. The Balaban J connectivity index is 1.62. The first-order chi connectivity index (χ1) is 15.6. The third kappa shape index (κ3) is 4.73. The zero-order valence-corrected chi connectivity index (χ0v) is 19.9. The molecule has 32 heavy (non-hydrogen) atoms. The van der Waals surface area contributed by atoms with Crippen LogP contribution in [-0.4, -0.2) is 53.8 Å². The second-order valence-electron chi connectivity index (χ2n) is 7.24. The van der Waals surface area contributed by atoms with Gasteiger partial charge in [0.25, 0.3) is 5.22 Å². The van der Waals surface area contributed by atoms with Crippen molar-refractivity contribution in [1.82, 2.24) is 15.1 Å². The number of hydrogen-bond donors (Lipinski definition) is 0. The van der Waals surface area contributed by atoms with Gasteiger partial charge < -0.3 is 18.8 Å². The van der Waals surface area contributed by atoms with Crippen molar-refractivity contribution in [1.29, 1.82) is 0 Å². The van der Waals surface area contributed by atoms with E-state index in [9.17, 15) is 4.79 Å². The molecule has 0 N–H and O–H groups in total. The van der Waals surface area contributed by atoms with Gasteiger partial charge in [-0.3, -0.25) is 4.79 Å². The van der Waals surface area contributed by atoms with E-state index in [0.717, 1.165) is 23.1 Å². The molecular weight excluding hydrogens is 446 g/mol. The fourth-order valence-corrected chi connectivity index (χ4v) is 4.92.